The number of hydrogen-bond acceptors (Lipinski definition) is 2. The zero-order valence-corrected chi connectivity index (χ0v) is 12.0. The van der Waals surface area contributed by atoms with E-state index >= 15 is 0 Å². The third-order valence-corrected chi connectivity index (χ3v) is 3.93. The number of carbonyl (C=O) groups is 1. The lowest BCUT2D eigenvalue weighted by atomic mass is 10.1. The maximum atomic E-state index is 11.1. The predicted octanol–water partition coefficient (Wildman–Crippen LogP) is 3.12. The van der Waals surface area contributed by atoms with E-state index in [2.05, 4.69) is 11.5 Å². The van der Waals surface area contributed by atoms with Crippen molar-refractivity contribution in [2.75, 3.05) is 6.61 Å². The van der Waals surface area contributed by atoms with Gasteiger partial charge in [-0.3, -0.25) is 0 Å². The zero-order valence-electron chi connectivity index (χ0n) is 12.0. The molecule has 2 N–H and O–H groups in total. The maximum Gasteiger partial charge on any atom is 0.335 e. The van der Waals surface area contributed by atoms with Crippen LogP contribution < -0.4 is 0 Å². The lowest BCUT2D eigenvalue weighted by Gasteiger charge is -2.08. The fourth-order valence-electron chi connectivity index (χ4n) is 2.63. The van der Waals surface area contributed by atoms with Crippen LogP contribution in [0.1, 0.15) is 40.9 Å². The molecule has 1 aromatic carbocycles. The third kappa shape index (κ3) is 2.70. The van der Waals surface area contributed by atoms with E-state index in [1.54, 1.807) is 12.1 Å². The lowest BCUT2D eigenvalue weighted by Crippen LogP contribution is -2.01. The second kappa shape index (κ2) is 6.09. The number of aryl methyl sites for hydroxylation is 2. The van der Waals surface area contributed by atoms with Crippen LogP contribution in [-0.2, 0) is 6.54 Å². The normalized spacial score (nSPS) is 11.2. The Morgan fingerprint density at radius 3 is 2.60 bits per heavy atom. The first-order valence-corrected chi connectivity index (χ1v) is 7.00. The van der Waals surface area contributed by atoms with Gasteiger partial charge in [0.1, 0.15) is 0 Å². The van der Waals surface area contributed by atoms with Crippen LogP contribution in [0.4, 0.5) is 0 Å². The minimum atomic E-state index is -0.889. The lowest BCUT2D eigenvalue weighted by molar-refractivity contribution is 0.0697. The summed E-state index contributed by atoms with van der Waals surface area (Å²) in [6, 6.07) is 5.31. The highest BCUT2D eigenvalue weighted by Crippen LogP contribution is 2.26. The molecule has 0 amide bonds. The number of benzene rings is 1. The molecular formula is C16H21NO3. The van der Waals surface area contributed by atoms with Crippen LogP contribution in [0.3, 0.4) is 0 Å². The van der Waals surface area contributed by atoms with Gasteiger partial charge in [-0.15, -0.1) is 0 Å². The molecule has 2 aromatic rings. The van der Waals surface area contributed by atoms with Crippen LogP contribution >= 0.6 is 0 Å². The van der Waals surface area contributed by atoms with Crippen molar-refractivity contribution < 1.29 is 15.0 Å². The highest BCUT2D eigenvalue weighted by atomic mass is 16.4. The van der Waals surface area contributed by atoms with Crippen molar-refractivity contribution in [1.82, 2.24) is 4.57 Å². The van der Waals surface area contributed by atoms with Crippen molar-refractivity contribution in [2.45, 2.75) is 39.7 Å². The summed E-state index contributed by atoms with van der Waals surface area (Å²) in [5.74, 6) is -0.889. The first-order chi connectivity index (χ1) is 9.56. The van der Waals surface area contributed by atoms with Gasteiger partial charge < -0.3 is 14.8 Å². The molecule has 0 saturated heterocycles. The van der Waals surface area contributed by atoms with Crippen LogP contribution in [-0.4, -0.2) is 27.4 Å². The standard InChI is InChI=1S/C16H21NO3/c1-11-12(2)17(8-4-3-5-9-18)15-7-6-13(16(19)20)10-14(11)15/h6-7,10,18H,3-5,8-9H2,1-2H3,(H,19,20). The summed E-state index contributed by atoms with van der Waals surface area (Å²) < 4.78 is 2.24. The maximum absolute atomic E-state index is 11.1. The van der Waals surface area contributed by atoms with Gasteiger partial charge in [0.05, 0.1) is 5.56 Å². The largest absolute Gasteiger partial charge is 0.478 e. The fraction of sp³-hybridized carbons (Fsp3) is 0.438. The van der Waals surface area contributed by atoms with E-state index in [0.717, 1.165) is 42.3 Å². The van der Waals surface area contributed by atoms with Crippen molar-refractivity contribution in [3.63, 3.8) is 0 Å². The van der Waals surface area contributed by atoms with Crippen LogP contribution in [0, 0.1) is 13.8 Å². The van der Waals surface area contributed by atoms with Crippen molar-refractivity contribution >= 4 is 16.9 Å². The smallest absolute Gasteiger partial charge is 0.335 e. The molecule has 0 unspecified atom stereocenters. The fourth-order valence-corrected chi connectivity index (χ4v) is 2.63. The predicted molar refractivity (Wildman–Crippen MR) is 79.3 cm³/mol. The molecule has 4 heteroatoms. The summed E-state index contributed by atoms with van der Waals surface area (Å²) in [6.07, 6.45) is 2.85. The van der Waals surface area contributed by atoms with Gasteiger partial charge in [0, 0.05) is 29.7 Å². The van der Waals surface area contributed by atoms with Gasteiger partial charge in [0.15, 0.2) is 0 Å². The molecule has 4 nitrogen and oxygen atoms in total. The summed E-state index contributed by atoms with van der Waals surface area (Å²) >= 11 is 0. The molecule has 0 fully saturated rings. The molecule has 0 bridgehead atoms. The van der Waals surface area contributed by atoms with E-state index in [9.17, 15) is 4.79 Å². The molecular weight excluding hydrogens is 254 g/mol. The Morgan fingerprint density at radius 1 is 1.20 bits per heavy atom. The summed E-state index contributed by atoms with van der Waals surface area (Å²) in [5.41, 5.74) is 3.75. The average molecular weight is 275 g/mol. The number of nitrogens with zero attached hydrogens (tertiary/aromatic N) is 1. The number of aromatic nitrogens is 1. The molecule has 0 aliphatic heterocycles. The zero-order chi connectivity index (χ0) is 14.7. The van der Waals surface area contributed by atoms with Gasteiger partial charge in [-0.05, 0) is 56.9 Å². The van der Waals surface area contributed by atoms with Gasteiger partial charge in [0.25, 0.3) is 0 Å². The highest BCUT2D eigenvalue weighted by Gasteiger charge is 2.13. The van der Waals surface area contributed by atoms with Gasteiger partial charge >= 0.3 is 5.97 Å². The molecule has 0 radical (unpaired) electrons. The summed E-state index contributed by atoms with van der Waals surface area (Å²) in [6.45, 7) is 5.25. The molecule has 0 spiro atoms. The Kier molecular flexibility index (Phi) is 4.45. The summed E-state index contributed by atoms with van der Waals surface area (Å²) in [4.78, 5) is 11.1. The minimum absolute atomic E-state index is 0.242. The van der Waals surface area contributed by atoms with Crippen LogP contribution in [0.5, 0.6) is 0 Å². The van der Waals surface area contributed by atoms with E-state index < -0.39 is 5.97 Å². The number of fused-ring (bicyclic) bond motifs is 1. The number of hydrogen-bond donors (Lipinski definition) is 2. The molecule has 1 heterocycles. The van der Waals surface area contributed by atoms with E-state index in [-0.39, 0.29) is 6.61 Å². The van der Waals surface area contributed by atoms with E-state index in [1.807, 2.05) is 13.0 Å². The van der Waals surface area contributed by atoms with Gasteiger partial charge in [-0.1, -0.05) is 0 Å². The average Bonchev–Trinajstić information content (AvgIpc) is 2.67. The van der Waals surface area contributed by atoms with Crippen molar-refractivity contribution in [2.24, 2.45) is 0 Å². The first kappa shape index (κ1) is 14.6. The summed E-state index contributed by atoms with van der Waals surface area (Å²) in [5, 5.41) is 18.9. The molecule has 0 aliphatic rings. The SMILES string of the molecule is Cc1c(C)n(CCCCCO)c2ccc(C(=O)O)cc12. The van der Waals surface area contributed by atoms with E-state index in [1.165, 1.54) is 5.69 Å². The van der Waals surface area contributed by atoms with Crippen molar-refractivity contribution in [1.29, 1.82) is 0 Å². The van der Waals surface area contributed by atoms with Gasteiger partial charge in [-0.2, -0.15) is 0 Å². The monoisotopic (exact) mass is 275 g/mol. The Morgan fingerprint density at radius 2 is 1.95 bits per heavy atom. The number of carboxylic acids is 1. The quantitative estimate of drug-likeness (QED) is 0.796. The molecule has 108 valence electrons. The second-order valence-corrected chi connectivity index (χ2v) is 5.18. The molecule has 0 atom stereocenters. The first-order valence-electron chi connectivity index (χ1n) is 7.00. The van der Waals surface area contributed by atoms with Crippen LogP contribution in [0.2, 0.25) is 0 Å². The number of carboxylic acid groups (broad SMARTS) is 1. The Bertz CT molecular complexity index is 628. The number of aliphatic hydroxyl groups excluding tert-OH is 1. The Hall–Kier alpha value is -1.81. The number of aliphatic hydroxyl groups is 1. The van der Waals surface area contributed by atoms with Crippen LogP contribution in [0.15, 0.2) is 18.2 Å². The topological polar surface area (TPSA) is 62.5 Å². The van der Waals surface area contributed by atoms with E-state index in [4.69, 9.17) is 10.2 Å². The summed E-state index contributed by atoms with van der Waals surface area (Å²) in [7, 11) is 0. The number of aromatic carboxylic acids is 1. The van der Waals surface area contributed by atoms with E-state index in [0.29, 0.717) is 5.56 Å². The molecule has 0 saturated carbocycles. The number of rotatable bonds is 6. The van der Waals surface area contributed by atoms with Crippen molar-refractivity contribution in [3.05, 3.63) is 35.0 Å². The Balaban J connectivity index is 2.35. The van der Waals surface area contributed by atoms with Crippen LogP contribution in [0.25, 0.3) is 10.9 Å². The molecule has 2 rings (SSSR count). The Labute approximate surface area is 118 Å². The third-order valence-electron chi connectivity index (χ3n) is 3.93. The minimum Gasteiger partial charge on any atom is -0.478 e. The van der Waals surface area contributed by atoms with Gasteiger partial charge in [-0.25, -0.2) is 4.79 Å². The number of unbranched alkanes of at least 4 members (excludes halogenated alkanes) is 2. The molecule has 0 aliphatic carbocycles. The molecule has 20 heavy (non-hydrogen) atoms. The van der Waals surface area contributed by atoms with Crippen molar-refractivity contribution in [3.8, 4) is 0 Å². The highest BCUT2D eigenvalue weighted by molar-refractivity contribution is 5.95. The second-order valence-electron chi connectivity index (χ2n) is 5.18. The molecule has 1 aromatic heterocycles. The van der Waals surface area contributed by atoms with Gasteiger partial charge in [0.2, 0.25) is 0 Å².